The molecule has 0 bridgehead atoms. The van der Waals surface area contributed by atoms with Gasteiger partial charge in [-0.15, -0.1) is 0 Å². The molecule has 1 amide bonds. The Balaban J connectivity index is 2.46. The van der Waals surface area contributed by atoms with Crippen molar-refractivity contribution in [2.24, 2.45) is 5.92 Å². The van der Waals surface area contributed by atoms with E-state index in [0.29, 0.717) is 12.5 Å². The van der Waals surface area contributed by atoms with E-state index in [0.717, 1.165) is 32.4 Å². The Morgan fingerprint density at radius 2 is 2.00 bits per heavy atom. The summed E-state index contributed by atoms with van der Waals surface area (Å²) in [6.45, 7) is 14.5. The molecule has 0 aliphatic carbocycles. The van der Waals surface area contributed by atoms with Crippen LogP contribution in [0.1, 0.15) is 67.2 Å². The molecule has 1 saturated heterocycles. The second kappa shape index (κ2) is 7.48. The highest BCUT2D eigenvalue weighted by Crippen LogP contribution is 2.30. The average molecular weight is 299 g/mol. The van der Waals surface area contributed by atoms with Gasteiger partial charge in [0.1, 0.15) is 5.60 Å². The van der Waals surface area contributed by atoms with Gasteiger partial charge in [-0.05, 0) is 52.4 Å². The van der Waals surface area contributed by atoms with Crippen molar-refractivity contribution >= 4 is 6.09 Å². The number of rotatable bonds is 6. The van der Waals surface area contributed by atoms with Crippen molar-refractivity contribution in [3.05, 3.63) is 0 Å². The lowest BCUT2D eigenvalue weighted by molar-refractivity contribution is -0.0444. The molecule has 4 nitrogen and oxygen atoms in total. The Morgan fingerprint density at radius 1 is 1.33 bits per heavy atom. The Bertz CT molecular complexity index is 335. The van der Waals surface area contributed by atoms with Crippen molar-refractivity contribution in [1.82, 2.24) is 4.90 Å². The molecule has 0 radical (unpaired) electrons. The zero-order valence-corrected chi connectivity index (χ0v) is 14.7. The number of hydrogen-bond donors (Lipinski definition) is 0. The van der Waals surface area contributed by atoms with Crippen LogP contribution in [-0.4, -0.2) is 41.9 Å². The molecule has 124 valence electrons. The fraction of sp³-hybridized carbons (Fsp3) is 0.941. The van der Waals surface area contributed by atoms with Crippen LogP contribution in [0.5, 0.6) is 0 Å². The van der Waals surface area contributed by atoms with E-state index in [1.807, 2.05) is 20.8 Å². The standard InChI is InChI=1S/C17H33NO3/c1-7-17(20-12-8-9-14(2)3)10-11-18(13-17)15(19)21-16(4,5)6/h14H,7-13H2,1-6H3. The molecule has 1 aliphatic rings. The Hall–Kier alpha value is -0.770. The van der Waals surface area contributed by atoms with Gasteiger partial charge in [0.25, 0.3) is 0 Å². The molecule has 0 aromatic heterocycles. The van der Waals surface area contributed by atoms with Crippen LogP contribution in [0.25, 0.3) is 0 Å². The van der Waals surface area contributed by atoms with Gasteiger partial charge in [-0.25, -0.2) is 4.79 Å². The van der Waals surface area contributed by atoms with Gasteiger partial charge in [-0.1, -0.05) is 20.8 Å². The summed E-state index contributed by atoms with van der Waals surface area (Å²) in [7, 11) is 0. The van der Waals surface area contributed by atoms with Crippen LogP contribution in [0.2, 0.25) is 0 Å². The summed E-state index contributed by atoms with van der Waals surface area (Å²) in [5.74, 6) is 0.716. The number of hydrogen-bond acceptors (Lipinski definition) is 3. The molecular formula is C17H33NO3. The van der Waals surface area contributed by atoms with Crippen LogP contribution < -0.4 is 0 Å². The summed E-state index contributed by atoms with van der Waals surface area (Å²) in [5, 5.41) is 0. The topological polar surface area (TPSA) is 38.8 Å². The molecule has 0 spiro atoms. The molecule has 0 aromatic carbocycles. The molecular weight excluding hydrogens is 266 g/mol. The van der Waals surface area contributed by atoms with Crippen molar-refractivity contribution < 1.29 is 14.3 Å². The minimum Gasteiger partial charge on any atom is -0.444 e. The normalized spacial score (nSPS) is 22.9. The van der Waals surface area contributed by atoms with E-state index < -0.39 is 5.60 Å². The number of carbonyl (C=O) groups is 1. The first-order valence-corrected chi connectivity index (χ1v) is 8.29. The van der Waals surface area contributed by atoms with Crippen molar-refractivity contribution in [3.63, 3.8) is 0 Å². The largest absolute Gasteiger partial charge is 0.444 e. The maximum atomic E-state index is 12.1. The van der Waals surface area contributed by atoms with Crippen molar-refractivity contribution in [2.75, 3.05) is 19.7 Å². The smallest absolute Gasteiger partial charge is 0.410 e. The zero-order valence-electron chi connectivity index (χ0n) is 14.7. The van der Waals surface area contributed by atoms with Crippen LogP contribution in [0.4, 0.5) is 4.79 Å². The highest BCUT2D eigenvalue weighted by molar-refractivity contribution is 5.68. The predicted octanol–water partition coefficient (Wildman–Crippen LogP) is 4.23. The van der Waals surface area contributed by atoms with Gasteiger partial charge in [-0.2, -0.15) is 0 Å². The minimum atomic E-state index is -0.438. The fourth-order valence-corrected chi connectivity index (χ4v) is 2.62. The molecule has 21 heavy (non-hydrogen) atoms. The van der Waals surface area contributed by atoms with Gasteiger partial charge in [0.05, 0.1) is 12.1 Å². The van der Waals surface area contributed by atoms with Crippen LogP contribution in [0.15, 0.2) is 0 Å². The summed E-state index contributed by atoms with van der Waals surface area (Å²) in [5.41, 5.74) is -0.611. The number of carbonyl (C=O) groups excluding carboxylic acids is 1. The van der Waals surface area contributed by atoms with E-state index in [-0.39, 0.29) is 11.7 Å². The molecule has 1 atom stereocenters. The first-order valence-electron chi connectivity index (χ1n) is 8.29. The van der Waals surface area contributed by atoms with E-state index in [1.54, 1.807) is 4.90 Å². The summed E-state index contributed by atoms with van der Waals surface area (Å²) >= 11 is 0. The van der Waals surface area contributed by atoms with Crippen LogP contribution in [-0.2, 0) is 9.47 Å². The lowest BCUT2D eigenvalue weighted by Crippen LogP contribution is -2.40. The molecule has 0 saturated carbocycles. The van der Waals surface area contributed by atoms with E-state index in [2.05, 4.69) is 20.8 Å². The van der Waals surface area contributed by atoms with E-state index in [4.69, 9.17) is 9.47 Å². The summed E-state index contributed by atoms with van der Waals surface area (Å²) < 4.78 is 11.6. The minimum absolute atomic E-state index is 0.173. The SMILES string of the molecule is CCC1(OCCCC(C)C)CCN(C(=O)OC(C)(C)C)C1. The van der Waals surface area contributed by atoms with Crippen LogP contribution >= 0.6 is 0 Å². The molecule has 0 N–H and O–H groups in total. The lowest BCUT2D eigenvalue weighted by atomic mass is 9.99. The molecule has 1 aliphatic heterocycles. The third-order valence-electron chi connectivity index (χ3n) is 3.95. The molecule has 0 aromatic rings. The molecule has 1 fully saturated rings. The van der Waals surface area contributed by atoms with Gasteiger partial charge in [0.2, 0.25) is 0 Å². The van der Waals surface area contributed by atoms with E-state index >= 15 is 0 Å². The predicted molar refractivity (Wildman–Crippen MR) is 85.5 cm³/mol. The highest BCUT2D eigenvalue weighted by atomic mass is 16.6. The average Bonchev–Trinajstić information content (AvgIpc) is 2.78. The van der Waals surface area contributed by atoms with Crippen LogP contribution in [0.3, 0.4) is 0 Å². The first kappa shape index (κ1) is 18.3. The van der Waals surface area contributed by atoms with Gasteiger partial charge >= 0.3 is 6.09 Å². The van der Waals surface area contributed by atoms with Gasteiger partial charge in [-0.3, -0.25) is 0 Å². The van der Waals surface area contributed by atoms with E-state index in [9.17, 15) is 4.79 Å². The second-order valence-electron chi connectivity index (χ2n) is 7.57. The number of ether oxygens (including phenoxy) is 2. The van der Waals surface area contributed by atoms with Crippen molar-refractivity contribution in [2.45, 2.75) is 78.4 Å². The third-order valence-corrected chi connectivity index (χ3v) is 3.95. The maximum Gasteiger partial charge on any atom is 0.410 e. The quantitative estimate of drug-likeness (QED) is 0.689. The number of likely N-dealkylation sites (tertiary alicyclic amines) is 1. The first-order chi connectivity index (χ1) is 9.67. The van der Waals surface area contributed by atoms with Gasteiger partial charge in [0.15, 0.2) is 0 Å². The molecule has 4 heteroatoms. The van der Waals surface area contributed by atoms with Crippen LogP contribution in [0, 0.1) is 5.92 Å². The molecule has 1 rings (SSSR count). The summed E-state index contributed by atoms with van der Waals surface area (Å²) in [6, 6.07) is 0. The Morgan fingerprint density at radius 3 is 2.52 bits per heavy atom. The van der Waals surface area contributed by atoms with Gasteiger partial charge < -0.3 is 14.4 Å². The Labute approximate surface area is 130 Å². The molecule has 1 unspecified atom stereocenters. The van der Waals surface area contributed by atoms with Crippen molar-refractivity contribution in [3.8, 4) is 0 Å². The second-order valence-corrected chi connectivity index (χ2v) is 7.57. The molecule has 1 heterocycles. The number of amides is 1. The summed E-state index contributed by atoms with van der Waals surface area (Å²) in [6.07, 6.45) is 3.91. The zero-order chi connectivity index (χ0) is 16.1. The van der Waals surface area contributed by atoms with Gasteiger partial charge in [0, 0.05) is 13.2 Å². The highest BCUT2D eigenvalue weighted by Gasteiger charge is 2.40. The third kappa shape index (κ3) is 6.25. The maximum absolute atomic E-state index is 12.1. The summed E-state index contributed by atoms with van der Waals surface area (Å²) in [4.78, 5) is 13.9. The van der Waals surface area contributed by atoms with E-state index in [1.165, 1.54) is 6.42 Å². The Kier molecular flexibility index (Phi) is 6.51. The fourth-order valence-electron chi connectivity index (χ4n) is 2.62. The monoisotopic (exact) mass is 299 g/mol. The van der Waals surface area contributed by atoms with Crippen molar-refractivity contribution in [1.29, 1.82) is 0 Å². The number of nitrogens with zero attached hydrogens (tertiary/aromatic N) is 1. The lowest BCUT2D eigenvalue weighted by Gasteiger charge is -2.29.